The summed E-state index contributed by atoms with van der Waals surface area (Å²) >= 11 is 0. The van der Waals surface area contributed by atoms with Crippen LogP contribution in [0.3, 0.4) is 0 Å². The van der Waals surface area contributed by atoms with E-state index in [-0.39, 0.29) is 35.8 Å². The highest BCUT2D eigenvalue weighted by molar-refractivity contribution is 7.89. The molecule has 8 nitrogen and oxygen atoms in total. The van der Waals surface area contributed by atoms with E-state index in [0.717, 1.165) is 11.6 Å². The maximum Gasteiger partial charge on any atom is 0.294 e. The first kappa shape index (κ1) is 20.4. The SMILES string of the molecule is CCN(CC)S(=O)(=O)c1ccc(Nc2ccc(CC#N)cc2)c([N+](=O)[O-])c1. The largest absolute Gasteiger partial charge is 0.350 e. The van der Waals surface area contributed by atoms with Crippen molar-refractivity contribution >= 4 is 27.1 Å². The second-order valence-electron chi connectivity index (χ2n) is 5.68. The van der Waals surface area contributed by atoms with E-state index in [2.05, 4.69) is 5.32 Å². The minimum absolute atomic E-state index is 0.118. The molecule has 2 aromatic rings. The normalized spacial score (nSPS) is 11.2. The molecule has 0 aliphatic rings. The van der Waals surface area contributed by atoms with Gasteiger partial charge >= 0.3 is 0 Å². The van der Waals surface area contributed by atoms with Crippen LogP contribution in [-0.2, 0) is 16.4 Å². The summed E-state index contributed by atoms with van der Waals surface area (Å²) in [5, 5.41) is 23.1. The molecule has 142 valence electrons. The molecule has 0 spiro atoms. The van der Waals surface area contributed by atoms with E-state index in [1.807, 2.05) is 6.07 Å². The van der Waals surface area contributed by atoms with Crippen LogP contribution in [-0.4, -0.2) is 30.7 Å². The molecule has 0 aliphatic carbocycles. The van der Waals surface area contributed by atoms with E-state index in [1.165, 1.54) is 16.4 Å². The number of benzene rings is 2. The number of anilines is 2. The molecule has 27 heavy (non-hydrogen) atoms. The van der Waals surface area contributed by atoms with Crippen molar-refractivity contribution in [1.82, 2.24) is 4.31 Å². The zero-order valence-electron chi connectivity index (χ0n) is 15.0. The minimum atomic E-state index is -3.79. The van der Waals surface area contributed by atoms with Crippen LogP contribution in [0.4, 0.5) is 17.1 Å². The van der Waals surface area contributed by atoms with Gasteiger partial charge in [0, 0.05) is 24.8 Å². The standard InChI is InChI=1S/C18H20N4O4S/c1-3-21(4-2)27(25,26)16-9-10-17(18(13-16)22(23)24)20-15-7-5-14(6-8-15)11-12-19/h5-10,13,20H,3-4,11H2,1-2H3. The van der Waals surface area contributed by atoms with Crippen LogP contribution in [0.1, 0.15) is 19.4 Å². The summed E-state index contributed by atoms with van der Waals surface area (Å²) in [7, 11) is -3.79. The third-order valence-electron chi connectivity index (χ3n) is 4.03. The van der Waals surface area contributed by atoms with Crippen molar-refractivity contribution in [3.05, 3.63) is 58.1 Å². The van der Waals surface area contributed by atoms with Gasteiger partial charge in [-0.25, -0.2) is 8.42 Å². The molecule has 2 aromatic carbocycles. The molecule has 0 atom stereocenters. The molecule has 1 N–H and O–H groups in total. The van der Waals surface area contributed by atoms with Gasteiger partial charge in [-0.1, -0.05) is 26.0 Å². The van der Waals surface area contributed by atoms with Crippen LogP contribution in [0.2, 0.25) is 0 Å². The summed E-state index contributed by atoms with van der Waals surface area (Å²) in [5.41, 5.74) is 1.29. The van der Waals surface area contributed by atoms with Crippen LogP contribution in [0.15, 0.2) is 47.4 Å². The second-order valence-corrected chi connectivity index (χ2v) is 7.62. The van der Waals surface area contributed by atoms with Gasteiger partial charge in [0.2, 0.25) is 10.0 Å². The molecule has 0 amide bonds. The van der Waals surface area contributed by atoms with Gasteiger partial charge in [0.05, 0.1) is 22.3 Å². The highest BCUT2D eigenvalue weighted by Gasteiger charge is 2.25. The lowest BCUT2D eigenvalue weighted by Crippen LogP contribution is -2.30. The van der Waals surface area contributed by atoms with Gasteiger partial charge in [-0.2, -0.15) is 9.57 Å². The number of nitrogens with zero attached hydrogens (tertiary/aromatic N) is 3. The number of nitro benzene ring substituents is 1. The van der Waals surface area contributed by atoms with Gasteiger partial charge in [-0.15, -0.1) is 0 Å². The Kier molecular flexibility index (Phi) is 6.50. The van der Waals surface area contributed by atoms with Crippen LogP contribution >= 0.6 is 0 Å². The molecular formula is C18H20N4O4S. The van der Waals surface area contributed by atoms with Crippen molar-refractivity contribution in [3.63, 3.8) is 0 Å². The molecule has 9 heteroatoms. The zero-order valence-corrected chi connectivity index (χ0v) is 15.9. The number of hydrogen-bond donors (Lipinski definition) is 1. The molecule has 0 aromatic heterocycles. The van der Waals surface area contributed by atoms with Crippen LogP contribution in [0.25, 0.3) is 0 Å². The summed E-state index contributed by atoms with van der Waals surface area (Å²) in [5.74, 6) is 0. The average molecular weight is 388 g/mol. The summed E-state index contributed by atoms with van der Waals surface area (Å²) in [4.78, 5) is 10.7. The quantitative estimate of drug-likeness (QED) is 0.547. The van der Waals surface area contributed by atoms with Gasteiger partial charge in [-0.05, 0) is 29.8 Å². The van der Waals surface area contributed by atoms with Crippen molar-refractivity contribution in [2.45, 2.75) is 25.2 Å². The third-order valence-corrected chi connectivity index (χ3v) is 6.07. The fourth-order valence-electron chi connectivity index (χ4n) is 2.59. The van der Waals surface area contributed by atoms with Gasteiger partial charge < -0.3 is 5.32 Å². The number of rotatable bonds is 8. The van der Waals surface area contributed by atoms with E-state index in [4.69, 9.17) is 5.26 Å². The Morgan fingerprint density at radius 1 is 1.15 bits per heavy atom. The first-order chi connectivity index (χ1) is 12.8. The van der Waals surface area contributed by atoms with Gasteiger partial charge in [-0.3, -0.25) is 10.1 Å². The van der Waals surface area contributed by atoms with E-state index in [1.54, 1.807) is 38.1 Å². The molecule has 0 radical (unpaired) electrons. The van der Waals surface area contributed by atoms with Gasteiger partial charge in [0.15, 0.2) is 0 Å². The summed E-state index contributed by atoms with van der Waals surface area (Å²) < 4.78 is 26.4. The lowest BCUT2D eigenvalue weighted by Gasteiger charge is -2.18. The zero-order chi connectivity index (χ0) is 20.0. The van der Waals surface area contributed by atoms with Gasteiger partial charge in [0.25, 0.3) is 5.69 Å². The Labute approximate surface area is 158 Å². The first-order valence-electron chi connectivity index (χ1n) is 8.35. The number of hydrogen-bond acceptors (Lipinski definition) is 6. The summed E-state index contributed by atoms with van der Waals surface area (Å²) in [6.45, 7) is 3.98. The van der Waals surface area contributed by atoms with Crippen molar-refractivity contribution in [2.75, 3.05) is 18.4 Å². The molecule has 0 saturated carbocycles. The van der Waals surface area contributed by atoms with Crippen LogP contribution in [0.5, 0.6) is 0 Å². The molecule has 0 unspecified atom stereocenters. The van der Waals surface area contributed by atoms with E-state index in [9.17, 15) is 18.5 Å². The third kappa shape index (κ3) is 4.61. The molecular weight excluding hydrogens is 368 g/mol. The predicted molar refractivity (Wildman–Crippen MR) is 102 cm³/mol. The number of nitriles is 1. The second kappa shape index (κ2) is 8.62. The molecule has 0 aliphatic heterocycles. The van der Waals surface area contributed by atoms with Crippen molar-refractivity contribution < 1.29 is 13.3 Å². The Morgan fingerprint density at radius 3 is 2.30 bits per heavy atom. The molecule has 0 heterocycles. The smallest absolute Gasteiger partial charge is 0.294 e. The highest BCUT2D eigenvalue weighted by atomic mass is 32.2. The van der Waals surface area contributed by atoms with E-state index in [0.29, 0.717) is 5.69 Å². The van der Waals surface area contributed by atoms with Crippen molar-refractivity contribution in [1.29, 1.82) is 5.26 Å². The monoisotopic (exact) mass is 388 g/mol. The lowest BCUT2D eigenvalue weighted by atomic mass is 10.1. The molecule has 0 bridgehead atoms. The summed E-state index contributed by atoms with van der Waals surface area (Å²) in [6.07, 6.45) is 0.276. The summed E-state index contributed by atoms with van der Waals surface area (Å²) in [6, 6.07) is 12.8. The number of nitrogens with one attached hydrogen (secondary N) is 1. The molecule has 2 rings (SSSR count). The van der Waals surface area contributed by atoms with Crippen LogP contribution < -0.4 is 5.32 Å². The average Bonchev–Trinajstić information content (AvgIpc) is 2.64. The molecule has 0 saturated heterocycles. The maximum atomic E-state index is 12.6. The van der Waals surface area contributed by atoms with E-state index < -0.39 is 14.9 Å². The van der Waals surface area contributed by atoms with Crippen molar-refractivity contribution in [3.8, 4) is 6.07 Å². The number of sulfonamides is 1. The van der Waals surface area contributed by atoms with Gasteiger partial charge in [0.1, 0.15) is 5.69 Å². The fraction of sp³-hybridized carbons (Fsp3) is 0.278. The lowest BCUT2D eigenvalue weighted by molar-refractivity contribution is -0.384. The minimum Gasteiger partial charge on any atom is -0.350 e. The Morgan fingerprint density at radius 2 is 1.78 bits per heavy atom. The first-order valence-corrected chi connectivity index (χ1v) is 9.79. The Balaban J connectivity index is 2.39. The predicted octanol–water partition coefficient (Wildman–Crippen LogP) is 3.43. The van der Waals surface area contributed by atoms with E-state index >= 15 is 0 Å². The fourth-order valence-corrected chi connectivity index (χ4v) is 4.07. The highest BCUT2D eigenvalue weighted by Crippen LogP contribution is 2.31. The maximum absolute atomic E-state index is 12.6. The topological polar surface area (TPSA) is 116 Å². The van der Waals surface area contributed by atoms with Crippen molar-refractivity contribution in [2.24, 2.45) is 0 Å². The van der Waals surface area contributed by atoms with Crippen LogP contribution in [0, 0.1) is 21.4 Å². The number of nitro groups is 1. The molecule has 0 fully saturated rings. The Bertz CT molecular complexity index is 962. The Hall–Kier alpha value is -2.96.